The van der Waals surface area contributed by atoms with Crippen LogP contribution in [-0.4, -0.2) is 47.8 Å². The molecular formula is C20H21FN2O2. The number of nitrogens with zero attached hydrogens (tertiary/aromatic N) is 2. The van der Waals surface area contributed by atoms with Crippen molar-refractivity contribution in [3.63, 3.8) is 0 Å². The second kappa shape index (κ2) is 7.05. The molecule has 0 N–H and O–H groups in total. The highest BCUT2D eigenvalue weighted by atomic mass is 19.1. The van der Waals surface area contributed by atoms with Gasteiger partial charge in [-0.15, -0.1) is 0 Å². The molecule has 0 bridgehead atoms. The first kappa shape index (κ1) is 17.1. The molecule has 1 fully saturated rings. The Morgan fingerprint density at radius 2 is 1.44 bits per heavy atom. The molecule has 0 aromatic heterocycles. The van der Waals surface area contributed by atoms with Gasteiger partial charge in [0, 0.05) is 31.7 Å². The summed E-state index contributed by atoms with van der Waals surface area (Å²) in [4.78, 5) is 28.4. The number of rotatable bonds is 2. The third kappa shape index (κ3) is 3.55. The van der Waals surface area contributed by atoms with Crippen molar-refractivity contribution in [2.24, 2.45) is 0 Å². The highest BCUT2D eigenvalue weighted by Crippen LogP contribution is 2.16. The predicted molar refractivity (Wildman–Crippen MR) is 94.1 cm³/mol. The summed E-state index contributed by atoms with van der Waals surface area (Å²) >= 11 is 0. The molecule has 0 saturated carbocycles. The van der Waals surface area contributed by atoms with Crippen molar-refractivity contribution in [3.8, 4) is 0 Å². The zero-order chi connectivity index (χ0) is 18.0. The largest absolute Gasteiger partial charge is 0.335 e. The van der Waals surface area contributed by atoms with Crippen LogP contribution in [0.2, 0.25) is 0 Å². The Hall–Kier alpha value is -2.69. The lowest BCUT2D eigenvalue weighted by atomic mass is 10.1. The molecule has 1 aliphatic heterocycles. The number of benzene rings is 2. The fraction of sp³-hybridized carbons (Fsp3) is 0.300. The topological polar surface area (TPSA) is 40.6 Å². The maximum Gasteiger partial charge on any atom is 0.256 e. The van der Waals surface area contributed by atoms with E-state index in [0.717, 1.165) is 11.1 Å². The number of aryl methyl sites for hydroxylation is 2. The maximum absolute atomic E-state index is 13.8. The molecule has 1 saturated heterocycles. The van der Waals surface area contributed by atoms with E-state index in [1.165, 1.54) is 12.1 Å². The average molecular weight is 340 g/mol. The Bertz CT molecular complexity index is 811. The van der Waals surface area contributed by atoms with Crippen LogP contribution in [0.25, 0.3) is 0 Å². The third-order valence-electron chi connectivity index (χ3n) is 4.71. The molecule has 0 unspecified atom stereocenters. The summed E-state index contributed by atoms with van der Waals surface area (Å²) in [6.07, 6.45) is 0. The number of hydrogen-bond acceptors (Lipinski definition) is 2. The van der Waals surface area contributed by atoms with Crippen LogP contribution >= 0.6 is 0 Å². The quantitative estimate of drug-likeness (QED) is 0.843. The van der Waals surface area contributed by atoms with Gasteiger partial charge in [0.2, 0.25) is 0 Å². The normalized spacial score (nSPS) is 14.5. The van der Waals surface area contributed by atoms with Crippen LogP contribution in [-0.2, 0) is 0 Å². The Kier molecular flexibility index (Phi) is 4.83. The van der Waals surface area contributed by atoms with Crippen LogP contribution in [0, 0.1) is 19.7 Å². The second-order valence-electron chi connectivity index (χ2n) is 6.36. The van der Waals surface area contributed by atoms with Gasteiger partial charge in [-0.1, -0.05) is 18.2 Å². The van der Waals surface area contributed by atoms with E-state index in [0.29, 0.717) is 31.7 Å². The number of piperazine rings is 1. The first-order chi connectivity index (χ1) is 12.0. The van der Waals surface area contributed by atoms with Crippen LogP contribution < -0.4 is 0 Å². The highest BCUT2D eigenvalue weighted by molar-refractivity contribution is 5.96. The SMILES string of the molecule is Cc1ccc(C(=O)N2CCN(C(=O)c3ccccc3F)CC2)cc1C. The van der Waals surface area contributed by atoms with Gasteiger partial charge in [0.15, 0.2) is 0 Å². The monoisotopic (exact) mass is 340 g/mol. The molecular weight excluding hydrogens is 319 g/mol. The lowest BCUT2D eigenvalue weighted by molar-refractivity contribution is 0.0533. The van der Waals surface area contributed by atoms with Crippen LogP contribution in [0.4, 0.5) is 4.39 Å². The van der Waals surface area contributed by atoms with Crippen molar-refractivity contribution in [3.05, 3.63) is 70.5 Å². The zero-order valence-electron chi connectivity index (χ0n) is 14.5. The molecule has 5 heteroatoms. The first-order valence-electron chi connectivity index (χ1n) is 8.37. The van der Waals surface area contributed by atoms with E-state index in [2.05, 4.69) is 0 Å². The molecule has 0 aliphatic carbocycles. The summed E-state index contributed by atoms with van der Waals surface area (Å²) in [7, 11) is 0. The van der Waals surface area contributed by atoms with Gasteiger partial charge in [0.1, 0.15) is 5.82 Å². The van der Waals surface area contributed by atoms with Crippen molar-refractivity contribution in [1.82, 2.24) is 9.80 Å². The molecule has 2 aromatic rings. The average Bonchev–Trinajstić information content (AvgIpc) is 2.63. The Morgan fingerprint density at radius 1 is 0.840 bits per heavy atom. The van der Waals surface area contributed by atoms with Crippen LogP contribution in [0.15, 0.2) is 42.5 Å². The van der Waals surface area contributed by atoms with E-state index >= 15 is 0 Å². The second-order valence-corrected chi connectivity index (χ2v) is 6.36. The summed E-state index contributed by atoms with van der Waals surface area (Å²) in [5.74, 6) is -0.862. The van der Waals surface area contributed by atoms with Gasteiger partial charge in [0.25, 0.3) is 11.8 Å². The van der Waals surface area contributed by atoms with Crippen molar-refractivity contribution < 1.29 is 14.0 Å². The first-order valence-corrected chi connectivity index (χ1v) is 8.37. The summed E-state index contributed by atoms with van der Waals surface area (Å²) in [6, 6.07) is 11.7. The Labute approximate surface area is 146 Å². The smallest absolute Gasteiger partial charge is 0.256 e. The molecule has 3 rings (SSSR count). The van der Waals surface area contributed by atoms with Gasteiger partial charge >= 0.3 is 0 Å². The van der Waals surface area contributed by atoms with E-state index in [9.17, 15) is 14.0 Å². The van der Waals surface area contributed by atoms with Gasteiger partial charge < -0.3 is 9.80 Å². The van der Waals surface area contributed by atoms with E-state index < -0.39 is 5.82 Å². The van der Waals surface area contributed by atoms with Gasteiger partial charge in [-0.05, 0) is 49.2 Å². The predicted octanol–water partition coefficient (Wildman–Crippen LogP) is 3.04. The minimum absolute atomic E-state index is 0.0268. The van der Waals surface area contributed by atoms with Crippen LogP contribution in [0.1, 0.15) is 31.8 Å². The molecule has 1 heterocycles. The molecule has 130 valence electrons. The maximum atomic E-state index is 13.8. The van der Waals surface area contributed by atoms with E-state index in [1.807, 2.05) is 32.0 Å². The fourth-order valence-corrected chi connectivity index (χ4v) is 2.97. The molecule has 0 radical (unpaired) electrons. The number of hydrogen-bond donors (Lipinski definition) is 0. The fourth-order valence-electron chi connectivity index (χ4n) is 2.97. The molecule has 2 aromatic carbocycles. The summed E-state index contributed by atoms with van der Waals surface area (Å²) in [5, 5.41) is 0. The zero-order valence-corrected chi connectivity index (χ0v) is 14.5. The van der Waals surface area contributed by atoms with Crippen molar-refractivity contribution in [2.45, 2.75) is 13.8 Å². The molecule has 2 amide bonds. The van der Waals surface area contributed by atoms with E-state index in [1.54, 1.807) is 21.9 Å². The van der Waals surface area contributed by atoms with Crippen molar-refractivity contribution >= 4 is 11.8 Å². The summed E-state index contributed by atoms with van der Waals surface area (Å²) < 4.78 is 13.8. The van der Waals surface area contributed by atoms with Gasteiger partial charge in [-0.3, -0.25) is 9.59 Å². The molecule has 0 spiro atoms. The van der Waals surface area contributed by atoms with Gasteiger partial charge in [-0.2, -0.15) is 0 Å². The molecule has 25 heavy (non-hydrogen) atoms. The molecule has 1 aliphatic rings. The number of halogens is 1. The Balaban J connectivity index is 1.65. The Morgan fingerprint density at radius 3 is 2.04 bits per heavy atom. The van der Waals surface area contributed by atoms with Crippen LogP contribution in [0.5, 0.6) is 0 Å². The minimum Gasteiger partial charge on any atom is -0.335 e. The van der Waals surface area contributed by atoms with Gasteiger partial charge in [0.05, 0.1) is 5.56 Å². The minimum atomic E-state index is -0.513. The lowest BCUT2D eigenvalue weighted by Crippen LogP contribution is -2.50. The van der Waals surface area contributed by atoms with E-state index in [4.69, 9.17) is 0 Å². The standard InChI is InChI=1S/C20H21FN2O2/c1-14-7-8-16(13-15(14)2)19(24)22-9-11-23(12-10-22)20(25)17-5-3-4-6-18(17)21/h3-8,13H,9-12H2,1-2H3. The van der Waals surface area contributed by atoms with Crippen molar-refractivity contribution in [1.29, 1.82) is 0 Å². The lowest BCUT2D eigenvalue weighted by Gasteiger charge is -2.35. The third-order valence-corrected chi connectivity index (χ3v) is 4.71. The number of amides is 2. The molecule has 4 nitrogen and oxygen atoms in total. The number of carbonyl (C=O) groups excluding carboxylic acids is 2. The van der Waals surface area contributed by atoms with Crippen molar-refractivity contribution in [2.75, 3.05) is 26.2 Å². The van der Waals surface area contributed by atoms with Crippen LogP contribution in [0.3, 0.4) is 0 Å². The van der Waals surface area contributed by atoms with E-state index in [-0.39, 0.29) is 17.4 Å². The summed E-state index contributed by atoms with van der Waals surface area (Å²) in [6.45, 7) is 5.71. The summed E-state index contributed by atoms with van der Waals surface area (Å²) in [5.41, 5.74) is 2.98. The molecule has 0 atom stereocenters. The number of carbonyl (C=O) groups is 2. The van der Waals surface area contributed by atoms with Gasteiger partial charge in [-0.25, -0.2) is 4.39 Å². The highest BCUT2D eigenvalue weighted by Gasteiger charge is 2.26.